The number of ether oxygens (including phenoxy) is 1. The van der Waals surface area contributed by atoms with Gasteiger partial charge in [-0.1, -0.05) is 15.9 Å². The van der Waals surface area contributed by atoms with Crippen molar-refractivity contribution in [3.05, 3.63) is 12.3 Å². The fourth-order valence-corrected chi connectivity index (χ4v) is 2.73. The zero-order valence-corrected chi connectivity index (χ0v) is 12.6. The summed E-state index contributed by atoms with van der Waals surface area (Å²) in [7, 11) is 0. The van der Waals surface area contributed by atoms with E-state index < -0.39 is 0 Å². The van der Waals surface area contributed by atoms with Gasteiger partial charge in [-0.3, -0.25) is 0 Å². The highest BCUT2D eigenvalue weighted by Crippen LogP contribution is 2.23. The second-order valence-corrected chi connectivity index (χ2v) is 5.59. The molecule has 1 aromatic rings. The van der Waals surface area contributed by atoms with Crippen molar-refractivity contribution in [2.45, 2.75) is 32.8 Å². The Kier molecular flexibility index (Phi) is 4.80. The third kappa shape index (κ3) is 3.57. The molecule has 0 aromatic carbocycles. The molecule has 18 heavy (non-hydrogen) atoms. The molecule has 0 saturated carbocycles. The first-order valence-corrected chi connectivity index (χ1v) is 7.62. The number of anilines is 1. The maximum Gasteiger partial charge on any atom is 0.228 e. The molecule has 0 unspecified atom stereocenters. The van der Waals surface area contributed by atoms with Crippen LogP contribution in [0.25, 0.3) is 0 Å². The van der Waals surface area contributed by atoms with Crippen molar-refractivity contribution in [3.8, 4) is 5.88 Å². The van der Waals surface area contributed by atoms with E-state index in [0.717, 1.165) is 30.3 Å². The van der Waals surface area contributed by atoms with Gasteiger partial charge >= 0.3 is 0 Å². The van der Waals surface area contributed by atoms with Gasteiger partial charge in [0.2, 0.25) is 11.8 Å². The Labute approximate surface area is 117 Å². The van der Waals surface area contributed by atoms with Crippen LogP contribution in [0.3, 0.4) is 0 Å². The summed E-state index contributed by atoms with van der Waals surface area (Å²) >= 11 is 3.56. The van der Waals surface area contributed by atoms with Crippen LogP contribution in [0.2, 0.25) is 0 Å². The van der Waals surface area contributed by atoms with E-state index in [1.807, 2.05) is 19.9 Å². The fraction of sp³-hybridized carbons (Fsp3) is 0.692. The van der Waals surface area contributed by atoms with E-state index in [9.17, 15) is 0 Å². The van der Waals surface area contributed by atoms with Crippen molar-refractivity contribution in [2.75, 3.05) is 23.3 Å². The highest BCUT2D eigenvalue weighted by atomic mass is 79.9. The molecule has 0 spiro atoms. The first-order chi connectivity index (χ1) is 8.69. The van der Waals surface area contributed by atoms with Gasteiger partial charge in [0.05, 0.1) is 6.10 Å². The van der Waals surface area contributed by atoms with Crippen LogP contribution in [0.4, 0.5) is 5.95 Å². The number of alkyl halides is 1. The van der Waals surface area contributed by atoms with Gasteiger partial charge in [0.15, 0.2) is 0 Å². The van der Waals surface area contributed by atoms with Crippen LogP contribution in [0.1, 0.15) is 26.7 Å². The summed E-state index contributed by atoms with van der Waals surface area (Å²) in [6, 6.07) is 1.81. The molecule has 1 fully saturated rings. The molecule has 0 atom stereocenters. The third-order valence-corrected chi connectivity index (χ3v) is 4.01. The summed E-state index contributed by atoms with van der Waals surface area (Å²) < 4.78 is 5.60. The van der Waals surface area contributed by atoms with Crippen molar-refractivity contribution in [1.29, 1.82) is 0 Å². The normalized spacial score (nSPS) is 17.2. The van der Waals surface area contributed by atoms with Crippen molar-refractivity contribution < 1.29 is 4.74 Å². The van der Waals surface area contributed by atoms with Crippen LogP contribution in [0, 0.1) is 5.92 Å². The summed E-state index contributed by atoms with van der Waals surface area (Å²) in [5, 5.41) is 1.10. The van der Waals surface area contributed by atoms with Crippen molar-refractivity contribution in [3.63, 3.8) is 0 Å². The van der Waals surface area contributed by atoms with Gasteiger partial charge in [-0.05, 0) is 32.6 Å². The van der Waals surface area contributed by atoms with Crippen molar-refractivity contribution in [1.82, 2.24) is 9.97 Å². The monoisotopic (exact) mass is 313 g/mol. The highest BCUT2D eigenvalue weighted by Gasteiger charge is 2.20. The number of rotatable bonds is 4. The molecule has 0 radical (unpaired) electrons. The van der Waals surface area contributed by atoms with E-state index in [2.05, 4.69) is 30.8 Å². The average molecular weight is 314 g/mol. The number of nitrogens with zero attached hydrogens (tertiary/aromatic N) is 3. The van der Waals surface area contributed by atoms with Gasteiger partial charge in [-0.2, -0.15) is 4.98 Å². The molecule has 1 aromatic heterocycles. The number of hydrogen-bond acceptors (Lipinski definition) is 4. The summed E-state index contributed by atoms with van der Waals surface area (Å²) in [5.74, 6) is 2.25. The molecule has 0 N–H and O–H groups in total. The van der Waals surface area contributed by atoms with Gasteiger partial charge in [0, 0.05) is 30.7 Å². The van der Waals surface area contributed by atoms with E-state index >= 15 is 0 Å². The molecule has 2 heterocycles. The summed E-state index contributed by atoms with van der Waals surface area (Å²) in [6.07, 6.45) is 4.32. The molecule has 4 nitrogen and oxygen atoms in total. The lowest BCUT2D eigenvalue weighted by Crippen LogP contribution is -2.35. The lowest BCUT2D eigenvalue weighted by atomic mass is 9.99. The quantitative estimate of drug-likeness (QED) is 0.801. The average Bonchev–Trinajstić information content (AvgIpc) is 2.38. The van der Waals surface area contributed by atoms with E-state index in [0.29, 0.717) is 5.88 Å². The topological polar surface area (TPSA) is 38.2 Å². The lowest BCUT2D eigenvalue weighted by molar-refractivity contribution is 0.232. The Bertz CT molecular complexity index is 378. The minimum atomic E-state index is 0.145. The van der Waals surface area contributed by atoms with Gasteiger partial charge in [0.1, 0.15) is 0 Å². The van der Waals surface area contributed by atoms with Gasteiger partial charge < -0.3 is 9.64 Å². The van der Waals surface area contributed by atoms with Crippen LogP contribution in [-0.4, -0.2) is 34.5 Å². The molecule has 0 bridgehead atoms. The molecule has 100 valence electrons. The third-order valence-electron chi connectivity index (χ3n) is 3.09. The fourth-order valence-electron chi connectivity index (χ4n) is 2.08. The van der Waals surface area contributed by atoms with Crippen LogP contribution in [0.5, 0.6) is 5.88 Å². The Morgan fingerprint density at radius 3 is 2.78 bits per heavy atom. The second kappa shape index (κ2) is 6.36. The molecule has 0 amide bonds. The molecular formula is C13H20BrN3O. The first-order valence-electron chi connectivity index (χ1n) is 6.49. The molecule has 1 saturated heterocycles. The van der Waals surface area contributed by atoms with E-state index in [1.54, 1.807) is 6.20 Å². The standard InChI is InChI=1S/C13H20BrN3O/c1-10(2)18-12-3-6-15-13(16-12)17-7-4-11(9-14)5-8-17/h3,6,10-11H,4-5,7-9H2,1-2H3. The van der Waals surface area contributed by atoms with E-state index in [-0.39, 0.29) is 6.10 Å². The predicted octanol–water partition coefficient (Wildman–Crippen LogP) is 2.88. The molecule has 1 aliphatic heterocycles. The molecule has 5 heteroatoms. The van der Waals surface area contributed by atoms with Crippen LogP contribution in [-0.2, 0) is 0 Å². The van der Waals surface area contributed by atoms with Gasteiger partial charge in [-0.15, -0.1) is 0 Å². The number of aromatic nitrogens is 2. The van der Waals surface area contributed by atoms with Crippen molar-refractivity contribution in [2.24, 2.45) is 5.92 Å². The largest absolute Gasteiger partial charge is 0.475 e. The summed E-state index contributed by atoms with van der Waals surface area (Å²) in [5.41, 5.74) is 0. The molecular weight excluding hydrogens is 294 g/mol. The Balaban J connectivity index is 2.00. The molecule has 2 rings (SSSR count). The van der Waals surface area contributed by atoms with E-state index in [4.69, 9.17) is 4.74 Å². The number of hydrogen-bond donors (Lipinski definition) is 0. The zero-order chi connectivity index (χ0) is 13.0. The highest BCUT2D eigenvalue weighted by molar-refractivity contribution is 9.09. The SMILES string of the molecule is CC(C)Oc1ccnc(N2CCC(CBr)CC2)n1. The van der Waals surface area contributed by atoms with Crippen molar-refractivity contribution >= 4 is 21.9 Å². The Hall–Kier alpha value is -0.840. The zero-order valence-electron chi connectivity index (χ0n) is 11.0. The van der Waals surface area contributed by atoms with Crippen LogP contribution >= 0.6 is 15.9 Å². The van der Waals surface area contributed by atoms with Crippen LogP contribution in [0.15, 0.2) is 12.3 Å². The van der Waals surface area contributed by atoms with Gasteiger partial charge in [0.25, 0.3) is 0 Å². The maximum absolute atomic E-state index is 5.60. The minimum absolute atomic E-state index is 0.145. The van der Waals surface area contributed by atoms with Gasteiger partial charge in [-0.25, -0.2) is 4.98 Å². The maximum atomic E-state index is 5.60. The predicted molar refractivity (Wildman–Crippen MR) is 76.5 cm³/mol. The molecule has 1 aliphatic rings. The van der Waals surface area contributed by atoms with E-state index in [1.165, 1.54) is 12.8 Å². The smallest absolute Gasteiger partial charge is 0.228 e. The molecule has 0 aliphatic carbocycles. The lowest BCUT2D eigenvalue weighted by Gasteiger charge is -2.31. The Morgan fingerprint density at radius 2 is 2.17 bits per heavy atom. The number of halogens is 1. The minimum Gasteiger partial charge on any atom is -0.475 e. The van der Waals surface area contributed by atoms with Crippen LogP contribution < -0.4 is 9.64 Å². The summed E-state index contributed by atoms with van der Waals surface area (Å²) in [4.78, 5) is 11.1. The second-order valence-electron chi connectivity index (χ2n) is 4.95. The Morgan fingerprint density at radius 1 is 1.44 bits per heavy atom. The first kappa shape index (κ1) is 13.6. The number of piperidine rings is 1. The summed E-state index contributed by atoms with van der Waals surface area (Å²) in [6.45, 7) is 6.06.